The molecule has 8 nitrogen and oxygen atoms in total. The zero-order chi connectivity index (χ0) is 44.7. The largest absolute Gasteiger partial charge is 0.487 e. The van der Waals surface area contributed by atoms with Gasteiger partial charge in [0, 0.05) is 0 Å². The summed E-state index contributed by atoms with van der Waals surface area (Å²) in [5.74, 6) is -12.3. The molecule has 0 amide bonds. The zero-order valence-electron chi connectivity index (χ0n) is 31.2. The number of halogens is 14. The molecular weight excluding hydrogens is 838 g/mol. The molecule has 3 aromatic carbocycles. The molecule has 0 N–H and O–H groups in total. The molecule has 0 aliphatic heterocycles. The second-order valence-electron chi connectivity index (χ2n) is 13.4. The van der Waals surface area contributed by atoms with Crippen LogP contribution in [0.5, 0.6) is 17.2 Å². The lowest BCUT2D eigenvalue weighted by Gasteiger charge is -2.34. The van der Waals surface area contributed by atoms with Crippen LogP contribution in [-0.4, -0.2) is 93.2 Å². The Morgan fingerprint density at radius 3 is 1.36 bits per heavy atom. The molecule has 0 aromatic heterocycles. The van der Waals surface area contributed by atoms with Crippen LogP contribution in [0.4, 0.5) is 61.5 Å². The van der Waals surface area contributed by atoms with Crippen molar-refractivity contribution in [3.8, 4) is 28.4 Å². The fourth-order valence-corrected chi connectivity index (χ4v) is 4.19. The molecule has 330 valence electrons. The van der Waals surface area contributed by atoms with Gasteiger partial charge in [0.25, 0.3) is 0 Å². The summed E-state index contributed by atoms with van der Waals surface area (Å²) in [5, 5.41) is 0. The number of carbonyl (C=O) groups excluding carboxylic acids is 1. The Bertz CT molecular complexity index is 1810. The number of ether oxygens (including phenoxy) is 7. The number of rotatable bonds is 21. The van der Waals surface area contributed by atoms with Gasteiger partial charge in [0.1, 0.15) is 32.2 Å². The molecular formula is C37H36F14O8. The Balaban J connectivity index is 1.75. The highest BCUT2D eigenvalue weighted by molar-refractivity contribution is 5.92. The smallest absolute Gasteiger partial charge is 0.451 e. The lowest BCUT2D eigenvalue weighted by atomic mass is 10.1. The van der Waals surface area contributed by atoms with E-state index in [-0.39, 0.29) is 39.0 Å². The van der Waals surface area contributed by atoms with E-state index in [0.717, 1.165) is 29.3 Å². The Kier molecular flexibility index (Phi) is 15.3. The molecule has 3 rings (SSSR count). The molecule has 22 heteroatoms. The zero-order valence-corrected chi connectivity index (χ0v) is 31.2. The van der Waals surface area contributed by atoms with Gasteiger partial charge in [-0.05, 0) is 69.2 Å². The van der Waals surface area contributed by atoms with Crippen LogP contribution in [0.1, 0.15) is 38.1 Å². The Hall–Kier alpha value is -4.41. The fourth-order valence-electron chi connectivity index (χ4n) is 4.19. The summed E-state index contributed by atoms with van der Waals surface area (Å²) >= 11 is 0. The molecule has 0 fully saturated rings. The number of hydrogen-bond acceptors (Lipinski definition) is 8. The predicted molar refractivity (Wildman–Crippen MR) is 178 cm³/mol. The Morgan fingerprint density at radius 2 is 0.932 bits per heavy atom. The summed E-state index contributed by atoms with van der Waals surface area (Å²) in [4.78, 5) is 13.0. The van der Waals surface area contributed by atoms with Gasteiger partial charge >= 0.3 is 42.2 Å². The molecule has 59 heavy (non-hydrogen) atoms. The van der Waals surface area contributed by atoms with Crippen LogP contribution in [0.2, 0.25) is 0 Å². The van der Waals surface area contributed by atoms with Crippen molar-refractivity contribution in [2.24, 2.45) is 0 Å². The maximum atomic E-state index is 14.7. The van der Waals surface area contributed by atoms with Gasteiger partial charge in [0.05, 0.1) is 18.8 Å². The Labute approximate surface area is 327 Å². The van der Waals surface area contributed by atoms with Crippen LogP contribution in [-0.2, 0) is 18.9 Å². The van der Waals surface area contributed by atoms with Crippen molar-refractivity contribution in [2.75, 3.05) is 39.6 Å². The van der Waals surface area contributed by atoms with Gasteiger partial charge in [-0.2, -0.15) is 52.7 Å². The number of carbonyl (C=O) groups is 1. The number of benzene rings is 3. The molecule has 0 saturated heterocycles. The average Bonchev–Trinajstić information content (AvgIpc) is 3.10. The van der Waals surface area contributed by atoms with E-state index in [9.17, 15) is 66.3 Å². The van der Waals surface area contributed by atoms with E-state index in [1.165, 1.54) is 12.1 Å². The van der Waals surface area contributed by atoms with Crippen LogP contribution in [0.25, 0.3) is 11.1 Å². The van der Waals surface area contributed by atoms with Gasteiger partial charge in [-0.3, -0.25) is 9.47 Å². The third kappa shape index (κ3) is 13.0. The monoisotopic (exact) mass is 874 g/mol. The van der Waals surface area contributed by atoms with E-state index in [2.05, 4.69) is 18.9 Å². The van der Waals surface area contributed by atoms with E-state index in [0.29, 0.717) is 0 Å². The highest BCUT2D eigenvalue weighted by Crippen LogP contribution is 2.45. The molecule has 0 saturated carbocycles. The summed E-state index contributed by atoms with van der Waals surface area (Å²) in [7, 11) is 0. The second kappa shape index (κ2) is 18.5. The molecule has 0 aliphatic carbocycles. The van der Waals surface area contributed by atoms with E-state index in [4.69, 9.17) is 14.2 Å². The van der Waals surface area contributed by atoms with Crippen LogP contribution >= 0.6 is 0 Å². The van der Waals surface area contributed by atoms with E-state index < -0.39 is 105 Å². The van der Waals surface area contributed by atoms with Crippen LogP contribution in [0.3, 0.4) is 0 Å². The standard InChI is InChI=1S/C37H36F14O8/c1-30(2,38)36(48,49)58-32(40,34(42,43)44)21-53-16-18-55-27-15-12-25(29(52)57-26-13-10-24(11-14-26)23-8-6-5-7-9-23)20-28(27)56-19-17-54-22-33(41,35(45,46)47)59-37(50,51)31(3,4)39/h5-15,20H,16-19,21-22H2,1-4H3. The van der Waals surface area contributed by atoms with Gasteiger partial charge in [-0.25, -0.2) is 13.6 Å². The molecule has 0 radical (unpaired) electrons. The second-order valence-corrected chi connectivity index (χ2v) is 13.4. The quantitative estimate of drug-likeness (QED) is 0.0453. The van der Waals surface area contributed by atoms with E-state index in [1.807, 2.05) is 12.1 Å². The highest BCUT2D eigenvalue weighted by Gasteiger charge is 2.67. The third-order valence-electron chi connectivity index (χ3n) is 7.71. The molecule has 3 aromatic rings. The summed E-state index contributed by atoms with van der Waals surface area (Å²) in [5.41, 5.74) is -6.18. The summed E-state index contributed by atoms with van der Waals surface area (Å²) in [6.45, 7) is -7.58. The highest BCUT2D eigenvalue weighted by atomic mass is 19.4. The van der Waals surface area contributed by atoms with Gasteiger partial charge in [0.15, 0.2) is 22.8 Å². The first-order chi connectivity index (χ1) is 26.9. The molecule has 0 heterocycles. The molecule has 2 atom stereocenters. The van der Waals surface area contributed by atoms with Gasteiger partial charge < -0.3 is 23.7 Å². The van der Waals surface area contributed by atoms with Gasteiger partial charge in [0.2, 0.25) is 0 Å². The van der Waals surface area contributed by atoms with E-state index in [1.54, 1.807) is 30.3 Å². The van der Waals surface area contributed by atoms with Crippen LogP contribution in [0, 0.1) is 0 Å². The minimum absolute atomic E-state index is 0.0611. The van der Waals surface area contributed by atoms with Crippen molar-refractivity contribution in [1.29, 1.82) is 0 Å². The van der Waals surface area contributed by atoms with Crippen molar-refractivity contribution in [2.45, 2.75) is 75.3 Å². The lowest BCUT2D eigenvalue weighted by molar-refractivity contribution is -0.439. The summed E-state index contributed by atoms with van der Waals surface area (Å²) < 4.78 is 224. The summed E-state index contributed by atoms with van der Waals surface area (Å²) in [6, 6.07) is 18.3. The SMILES string of the molecule is CC(C)(F)C(F)(F)OC(F)(COCCOc1ccc(C(=O)Oc2ccc(-c3ccccc3)cc2)cc1OCCOCC(F)(OC(F)(F)C(C)(C)F)C(F)(F)F)C(F)(F)F. The first-order valence-electron chi connectivity index (χ1n) is 16.9. The maximum Gasteiger partial charge on any atom is 0.451 e. The van der Waals surface area contributed by atoms with Crippen LogP contribution in [0.15, 0.2) is 72.8 Å². The van der Waals surface area contributed by atoms with Gasteiger partial charge in [-0.15, -0.1) is 0 Å². The Morgan fingerprint density at radius 1 is 0.508 bits per heavy atom. The average molecular weight is 875 g/mol. The summed E-state index contributed by atoms with van der Waals surface area (Å²) in [6.07, 6.45) is -22.9. The van der Waals surface area contributed by atoms with Crippen molar-refractivity contribution in [1.82, 2.24) is 0 Å². The minimum atomic E-state index is -6.15. The van der Waals surface area contributed by atoms with Crippen molar-refractivity contribution >= 4 is 5.97 Å². The normalized spacial score (nSPS) is 15.3. The molecule has 0 aliphatic rings. The lowest BCUT2D eigenvalue weighted by Crippen LogP contribution is -2.56. The van der Waals surface area contributed by atoms with Crippen molar-refractivity contribution in [3.63, 3.8) is 0 Å². The third-order valence-corrected chi connectivity index (χ3v) is 7.71. The number of esters is 1. The maximum absolute atomic E-state index is 14.7. The number of alkyl halides is 14. The molecule has 0 spiro atoms. The minimum Gasteiger partial charge on any atom is -0.487 e. The molecule has 0 bridgehead atoms. The van der Waals surface area contributed by atoms with Crippen LogP contribution < -0.4 is 14.2 Å². The molecule has 2 unspecified atom stereocenters. The number of hydrogen-bond donors (Lipinski definition) is 0. The van der Waals surface area contributed by atoms with Crippen molar-refractivity contribution < 1.29 is 99.4 Å². The topological polar surface area (TPSA) is 81.7 Å². The first-order valence-corrected chi connectivity index (χ1v) is 16.9. The fraction of sp³-hybridized carbons (Fsp3) is 0.486. The predicted octanol–water partition coefficient (Wildman–Crippen LogP) is 10.5. The van der Waals surface area contributed by atoms with Crippen molar-refractivity contribution in [3.05, 3.63) is 78.4 Å². The first kappa shape index (κ1) is 49.0. The van der Waals surface area contributed by atoms with Gasteiger partial charge in [-0.1, -0.05) is 42.5 Å². The van der Waals surface area contributed by atoms with E-state index >= 15 is 0 Å².